The van der Waals surface area contributed by atoms with Gasteiger partial charge in [-0.3, -0.25) is 14.7 Å². The van der Waals surface area contributed by atoms with Crippen LogP contribution >= 0.6 is 0 Å². The summed E-state index contributed by atoms with van der Waals surface area (Å²) in [5, 5.41) is 14.1. The van der Waals surface area contributed by atoms with Crippen LogP contribution in [0, 0.1) is 5.92 Å². The maximum Gasteiger partial charge on any atom is 0.252 e. The highest BCUT2D eigenvalue weighted by Gasteiger charge is 2.32. The van der Waals surface area contributed by atoms with E-state index < -0.39 is 0 Å². The molecular formula is C28H35N7O. The Hall–Kier alpha value is -3.39. The molecule has 36 heavy (non-hydrogen) atoms. The van der Waals surface area contributed by atoms with E-state index >= 15 is 0 Å². The van der Waals surface area contributed by atoms with Crippen molar-refractivity contribution in [3.05, 3.63) is 81.7 Å². The summed E-state index contributed by atoms with van der Waals surface area (Å²) in [5.74, 6) is 1.12. The molecule has 0 spiro atoms. The predicted octanol–water partition coefficient (Wildman–Crippen LogP) is 4.99. The van der Waals surface area contributed by atoms with Gasteiger partial charge in [-0.1, -0.05) is 45.7 Å². The van der Waals surface area contributed by atoms with Crippen LogP contribution < -0.4 is 5.56 Å². The van der Waals surface area contributed by atoms with Crippen molar-refractivity contribution in [2.24, 2.45) is 5.92 Å². The standard InChI is InChI=1S/C28H35N7O/c1-4-20-11-12-25-22(14-20)15-23(28(36)30-25)18-34(17-21-8-7-13-29-16-21)26(19(2)3)27-31-32-33-35(27)24-9-5-6-10-24/h7-8,11-16,19,24,26H,4-6,9-10,17-18H2,1-3H3,(H,30,36). The largest absolute Gasteiger partial charge is 0.322 e. The van der Waals surface area contributed by atoms with Crippen LogP contribution in [-0.4, -0.2) is 35.1 Å². The summed E-state index contributed by atoms with van der Waals surface area (Å²) in [5.41, 5.74) is 3.90. The minimum absolute atomic E-state index is 0.0548. The van der Waals surface area contributed by atoms with E-state index in [9.17, 15) is 4.79 Å². The third kappa shape index (κ3) is 5.09. The number of aryl methyl sites for hydroxylation is 1. The van der Waals surface area contributed by atoms with Crippen molar-refractivity contribution >= 4 is 10.9 Å². The first kappa shape index (κ1) is 24.3. The zero-order valence-corrected chi connectivity index (χ0v) is 21.4. The smallest absolute Gasteiger partial charge is 0.252 e. The third-order valence-corrected chi connectivity index (χ3v) is 7.35. The van der Waals surface area contributed by atoms with Crippen molar-refractivity contribution in [2.75, 3.05) is 0 Å². The summed E-state index contributed by atoms with van der Waals surface area (Å²) in [6.07, 6.45) is 9.27. The van der Waals surface area contributed by atoms with E-state index in [0.29, 0.717) is 19.1 Å². The second-order valence-electron chi connectivity index (χ2n) is 10.3. The Bertz CT molecular complexity index is 1360. The molecule has 8 heteroatoms. The van der Waals surface area contributed by atoms with E-state index in [-0.39, 0.29) is 17.5 Å². The highest BCUT2D eigenvalue weighted by Crippen LogP contribution is 2.35. The number of aromatic amines is 1. The molecule has 0 radical (unpaired) electrons. The first-order chi connectivity index (χ1) is 17.5. The number of aromatic nitrogens is 6. The molecule has 1 fully saturated rings. The number of pyridine rings is 2. The molecule has 8 nitrogen and oxygen atoms in total. The van der Waals surface area contributed by atoms with Gasteiger partial charge in [-0.2, -0.15) is 0 Å². The van der Waals surface area contributed by atoms with Crippen LogP contribution in [0.4, 0.5) is 0 Å². The average Bonchev–Trinajstić information content (AvgIpc) is 3.57. The maximum absolute atomic E-state index is 13.2. The van der Waals surface area contributed by atoms with Crippen LogP contribution in [0.3, 0.4) is 0 Å². The number of nitrogens with one attached hydrogen (secondary N) is 1. The molecule has 0 saturated heterocycles. The molecule has 1 aromatic carbocycles. The molecule has 0 bridgehead atoms. The normalized spacial score (nSPS) is 15.4. The Morgan fingerprint density at radius 1 is 1.11 bits per heavy atom. The number of fused-ring (bicyclic) bond motifs is 1. The molecule has 1 aliphatic carbocycles. The predicted molar refractivity (Wildman–Crippen MR) is 140 cm³/mol. The molecule has 5 rings (SSSR count). The van der Waals surface area contributed by atoms with Gasteiger partial charge in [-0.15, -0.1) is 5.10 Å². The molecule has 0 aliphatic heterocycles. The van der Waals surface area contributed by atoms with Crippen LogP contribution in [0.5, 0.6) is 0 Å². The van der Waals surface area contributed by atoms with Gasteiger partial charge in [0.1, 0.15) is 0 Å². The number of hydrogen-bond acceptors (Lipinski definition) is 6. The molecule has 3 aromatic heterocycles. The number of nitrogens with zero attached hydrogens (tertiary/aromatic N) is 6. The number of hydrogen-bond donors (Lipinski definition) is 1. The first-order valence-corrected chi connectivity index (χ1v) is 13.1. The quantitative estimate of drug-likeness (QED) is 0.359. The van der Waals surface area contributed by atoms with Crippen LogP contribution in [-0.2, 0) is 19.5 Å². The van der Waals surface area contributed by atoms with E-state index in [1.54, 1.807) is 6.20 Å². The monoisotopic (exact) mass is 485 g/mol. The van der Waals surface area contributed by atoms with Gasteiger partial charge < -0.3 is 4.98 Å². The van der Waals surface area contributed by atoms with Crippen molar-refractivity contribution in [3.63, 3.8) is 0 Å². The first-order valence-electron chi connectivity index (χ1n) is 13.1. The second kappa shape index (κ2) is 10.7. The van der Waals surface area contributed by atoms with E-state index in [0.717, 1.165) is 47.1 Å². The van der Waals surface area contributed by atoms with Crippen molar-refractivity contribution in [1.29, 1.82) is 0 Å². The lowest BCUT2D eigenvalue weighted by Crippen LogP contribution is -2.35. The highest BCUT2D eigenvalue weighted by molar-refractivity contribution is 5.79. The Labute approximate surface area is 211 Å². The fraction of sp³-hybridized carbons (Fsp3) is 0.464. The Balaban J connectivity index is 1.56. The van der Waals surface area contributed by atoms with E-state index in [1.807, 2.05) is 29.1 Å². The minimum Gasteiger partial charge on any atom is -0.322 e. The van der Waals surface area contributed by atoms with Crippen molar-refractivity contribution < 1.29 is 0 Å². The van der Waals surface area contributed by atoms with Crippen LogP contribution in [0.25, 0.3) is 10.9 Å². The summed E-state index contributed by atoms with van der Waals surface area (Å²) in [4.78, 5) is 23.0. The molecule has 1 aliphatic rings. The molecule has 1 saturated carbocycles. The van der Waals surface area contributed by atoms with Gasteiger partial charge in [-0.25, -0.2) is 4.68 Å². The summed E-state index contributed by atoms with van der Waals surface area (Å²) in [6, 6.07) is 12.6. The SMILES string of the molecule is CCc1ccc2[nH]c(=O)c(CN(Cc3cccnc3)C(c3nnnn3C3CCCC3)C(C)C)cc2c1. The van der Waals surface area contributed by atoms with E-state index in [2.05, 4.69) is 69.4 Å². The van der Waals surface area contributed by atoms with Gasteiger partial charge in [0.2, 0.25) is 0 Å². The van der Waals surface area contributed by atoms with Gasteiger partial charge in [0, 0.05) is 36.6 Å². The minimum atomic E-state index is -0.0575. The van der Waals surface area contributed by atoms with Crippen molar-refractivity contribution in [3.8, 4) is 0 Å². The Morgan fingerprint density at radius 2 is 1.94 bits per heavy atom. The van der Waals surface area contributed by atoms with Crippen LogP contribution in [0.15, 0.2) is 53.6 Å². The zero-order chi connectivity index (χ0) is 25.1. The van der Waals surface area contributed by atoms with E-state index in [4.69, 9.17) is 0 Å². The number of tetrazole rings is 1. The lowest BCUT2D eigenvalue weighted by atomic mass is 9.99. The average molecular weight is 486 g/mol. The van der Waals surface area contributed by atoms with Crippen molar-refractivity contribution in [2.45, 2.75) is 78.0 Å². The fourth-order valence-electron chi connectivity index (χ4n) is 5.52. The molecule has 3 heterocycles. The number of benzene rings is 1. The number of rotatable bonds is 9. The van der Waals surface area contributed by atoms with Gasteiger partial charge in [0.15, 0.2) is 5.82 Å². The fourth-order valence-corrected chi connectivity index (χ4v) is 5.52. The molecule has 0 amide bonds. The summed E-state index contributed by atoms with van der Waals surface area (Å²) < 4.78 is 2.05. The van der Waals surface area contributed by atoms with Gasteiger partial charge in [0.25, 0.3) is 5.56 Å². The maximum atomic E-state index is 13.2. The van der Waals surface area contributed by atoms with Crippen molar-refractivity contribution in [1.82, 2.24) is 35.1 Å². The summed E-state index contributed by atoms with van der Waals surface area (Å²) in [7, 11) is 0. The molecule has 1 N–H and O–H groups in total. The Morgan fingerprint density at radius 3 is 2.67 bits per heavy atom. The lowest BCUT2D eigenvalue weighted by Gasteiger charge is -2.34. The molecule has 188 valence electrons. The second-order valence-corrected chi connectivity index (χ2v) is 10.3. The zero-order valence-electron chi connectivity index (χ0n) is 21.4. The lowest BCUT2D eigenvalue weighted by molar-refractivity contribution is 0.123. The molecule has 4 aromatic rings. The molecule has 1 atom stereocenters. The van der Waals surface area contributed by atoms with E-state index in [1.165, 1.54) is 18.4 Å². The number of H-pyrrole nitrogens is 1. The summed E-state index contributed by atoms with van der Waals surface area (Å²) >= 11 is 0. The third-order valence-electron chi connectivity index (χ3n) is 7.35. The highest BCUT2D eigenvalue weighted by atomic mass is 16.1. The molecule has 1 unspecified atom stereocenters. The van der Waals surface area contributed by atoms with Crippen LogP contribution in [0.1, 0.15) is 81.1 Å². The Kier molecular flexibility index (Phi) is 7.23. The van der Waals surface area contributed by atoms with Crippen LogP contribution in [0.2, 0.25) is 0 Å². The van der Waals surface area contributed by atoms with Gasteiger partial charge >= 0.3 is 0 Å². The topological polar surface area (TPSA) is 92.6 Å². The molecular weight excluding hydrogens is 450 g/mol. The van der Waals surface area contributed by atoms with Gasteiger partial charge in [0.05, 0.1) is 12.1 Å². The van der Waals surface area contributed by atoms with Gasteiger partial charge in [-0.05, 0) is 76.4 Å². The summed E-state index contributed by atoms with van der Waals surface area (Å²) in [6.45, 7) is 7.67.